The van der Waals surface area contributed by atoms with Crippen LogP contribution in [0, 0.1) is 5.92 Å². The van der Waals surface area contributed by atoms with Crippen LogP contribution in [-0.2, 0) is 16.0 Å². The Balaban J connectivity index is 2.40. The van der Waals surface area contributed by atoms with Crippen molar-refractivity contribution >= 4 is 23.6 Å². The zero-order valence-electron chi connectivity index (χ0n) is 11.7. The molecule has 0 saturated heterocycles. The number of carboxylic acids is 1. The highest BCUT2D eigenvalue weighted by molar-refractivity contribution is 7.99. The number of aliphatic carboxylic acids is 1. The van der Waals surface area contributed by atoms with Gasteiger partial charge in [0.25, 0.3) is 0 Å². The van der Waals surface area contributed by atoms with Crippen LogP contribution < -0.4 is 5.32 Å². The Labute approximate surface area is 124 Å². The minimum atomic E-state index is -0.879. The predicted octanol–water partition coefficient (Wildman–Crippen LogP) is 2.19. The zero-order chi connectivity index (χ0) is 14.8. The van der Waals surface area contributed by atoms with Crippen molar-refractivity contribution in [3.63, 3.8) is 0 Å². The second-order valence-corrected chi connectivity index (χ2v) is 5.69. The molecule has 20 heavy (non-hydrogen) atoms. The van der Waals surface area contributed by atoms with E-state index in [-0.39, 0.29) is 12.5 Å². The maximum atomic E-state index is 11.6. The van der Waals surface area contributed by atoms with Gasteiger partial charge >= 0.3 is 5.97 Å². The molecule has 5 heteroatoms. The Morgan fingerprint density at radius 1 is 1.30 bits per heavy atom. The van der Waals surface area contributed by atoms with E-state index in [2.05, 4.69) is 12.2 Å². The van der Waals surface area contributed by atoms with Gasteiger partial charge in [0.15, 0.2) is 0 Å². The molecule has 0 heterocycles. The van der Waals surface area contributed by atoms with Gasteiger partial charge in [-0.25, -0.2) is 0 Å². The summed E-state index contributed by atoms with van der Waals surface area (Å²) in [6.07, 6.45) is 1.46. The normalized spacial score (nSPS) is 11.8. The summed E-state index contributed by atoms with van der Waals surface area (Å²) in [6.45, 7) is 2.24. The highest BCUT2D eigenvalue weighted by Crippen LogP contribution is 2.09. The first-order valence-electron chi connectivity index (χ1n) is 6.74. The van der Waals surface area contributed by atoms with Crippen molar-refractivity contribution in [1.82, 2.24) is 5.32 Å². The summed E-state index contributed by atoms with van der Waals surface area (Å²) in [5, 5.41) is 11.9. The molecular weight excluding hydrogens is 274 g/mol. The fourth-order valence-corrected chi connectivity index (χ4v) is 2.46. The van der Waals surface area contributed by atoms with E-state index in [4.69, 9.17) is 0 Å². The molecule has 0 aliphatic heterocycles. The molecular formula is C15H21NO3S. The van der Waals surface area contributed by atoms with Crippen LogP contribution in [-0.4, -0.2) is 35.0 Å². The standard InChI is InChI=1S/C15H21NO3S/c1-2-8-20-11-14(17)16-10-13(15(18)19)9-12-6-4-3-5-7-12/h3-7,13H,2,8-11H2,1H3,(H,16,17)(H,18,19). The molecule has 0 saturated carbocycles. The van der Waals surface area contributed by atoms with Crippen molar-refractivity contribution in [2.45, 2.75) is 19.8 Å². The fraction of sp³-hybridized carbons (Fsp3) is 0.467. The van der Waals surface area contributed by atoms with Crippen molar-refractivity contribution in [1.29, 1.82) is 0 Å². The molecule has 0 fully saturated rings. The lowest BCUT2D eigenvalue weighted by atomic mass is 9.99. The van der Waals surface area contributed by atoms with Gasteiger partial charge in [0.1, 0.15) is 0 Å². The monoisotopic (exact) mass is 295 g/mol. The molecule has 0 aliphatic carbocycles. The molecule has 1 amide bonds. The number of carbonyl (C=O) groups is 2. The molecule has 110 valence electrons. The Morgan fingerprint density at radius 3 is 2.60 bits per heavy atom. The summed E-state index contributed by atoms with van der Waals surface area (Å²) in [5.41, 5.74) is 0.967. The highest BCUT2D eigenvalue weighted by Gasteiger charge is 2.18. The topological polar surface area (TPSA) is 66.4 Å². The summed E-state index contributed by atoms with van der Waals surface area (Å²) in [4.78, 5) is 22.8. The molecule has 0 aliphatic rings. The molecule has 1 aromatic rings. The van der Waals surface area contributed by atoms with E-state index in [0.717, 1.165) is 17.7 Å². The lowest BCUT2D eigenvalue weighted by Crippen LogP contribution is -2.35. The van der Waals surface area contributed by atoms with E-state index in [1.54, 1.807) is 11.8 Å². The first kappa shape index (κ1) is 16.6. The molecule has 0 radical (unpaired) electrons. The van der Waals surface area contributed by atoms with E-state index < -0.39 is 11.9 Å². The van der Waals surface area contributed by atoms with E-state index in [1.807, 2.05) is 30.3 Å². The number of carbonyl (C=O) groups excluding carboxylic acids is 1. The molecule has 4 nitrogen and oxygen atoms in total. The van der Waals surface area contributed by atoms with E-state index in [9.17, 15) is 14.7 Å². The number of rotatable bonds is 9. The van der Waals surface area contributed by atoms with Crippen LogP contribution in [0.2, 0.25) is 0 Å². The number of benzene rings is 1. The Kier molecular flexibility index (Phi) is 7.80. The van der Waals surface area contributed by atoms with Gasteiger partial charge < -0.3 is 10.4 Å². The van der Waals surface area contributed by atoms with E-state index in [1.165, 1.54) is 0 Å². The van der Waals surface area contributed by atoms with Gasteiger partial charge in [-0.3, -0.25) is 9.59 Å². The first-order valence-corrected chi connectivity index (χ1v) is 7.90. The third-order valence-corrected chi connectivity index (χ3v) is 3.96. The summed E-state index contributed by atoms with van der Waals surface area (Å²) in [7, 11) is 0. The summed E-state index contributed by atoms with van der Waals surface area (Å²) in [6, 6.07) is 9.46. The van der Waals surface area contributed by atoms with E-state index >= 15 is 0 Å². The van der Waals surface area contributed by atoms with Crippen molar-refractivity contribution in [3.05, 3.63) is 35.9 Å². The summed E-state index contributed by atoms with van der Waals surface area (Å²) >= 11 is 1.57. The third kappa shape index (κ3) is 6.61. The Morgan fingerprint density at radius 2 is 2.00 bits per heavy atom. The number of carboxylic acid groups (broad SMARTS) is 1. The van der Waals surface area contributed by atoms with Gasteiger partial charge in [-0.2, -0.15) is 11.8 Å². The Hall–Kier alpha value is -1.49. The molecule has 0 aromatic heterocycles. The Bertz CT molecular complexity index is 422. The average molecular weight is 295 g/mol. The lowest BCUT2D eigenvalue weighted by Gasteiger charge is -2.13. The SMILES string of the molecule is CCCSCC(=O)NCC(Cc1ccccc1)C(=O)O. The van der Waals surface area contributed by atoms with Crippen LogP contribution in [0.15, 0.2) is 30.3 Å². The maximum Gasteiger partial charge on any atom is 0.308 e. The minimum Gasteiger partial charge on any atom is -0.481 e. The van der Waals surface area contributed by atoms with E-state index in [0.29, 0.717) is 12.2 Å². The quantitative estimate of drug-likeness (QED) is 0.685. The average Bonchev–Trinajstić information content (AvgIpc) is 2.44. The number of thioether (sulfide) groups is 1. The van der Waals surface area contributed by atoms with Crippen LogP contribution in [0.5, 0.6) is 0 Å². The molecule has 1 unspecified atom stereocenters. The summed E-state index contributed by atoms with van der Waals surface area (Å²) < 4.78 is 0. The molecule has 2 N–H and O–H groups in total. The maximum absolute atomic E-state index is 11.6. The van der Waals surface area contributed by atoms with Gasteiger partial charge in [-0.05, 0) is 24.2 Å². The number of hydrogen-bond acceptors (Lipinski definition) is 3. The minimum absolute atomic E-state index is 0.0947. The van der Waals surface area contributed by atoms with Crippen molar-refractivity contribution in [3.8, 4) is 0 Å². The molecule has 1 atom stereocenters. The smallest absolute Gasteiger partial charge is 0.308 e. The molecule has 1 rings (SSSR count). The van der Waals surface area contributed by atoms with Gasteiger partial charge in [0.05, 0.1) is 11.7 Å². The highest BCUT2D eigenvalue weighted by atomic mass is 32.2. The van der Waals surface area contributed by atoms with Crippen molar-refractivity contribution in [2.75, 3.05) is 18.1 Å². The van der Waals surface area contributed by atoms with Gasteiger partial charge in [-0.15, -0.1) is 0 Å². The largest absolute Gasteiger partial charge is 0.481 e. The first-order chi connectivity index (χ1) is 9.63. The zero-order valence-corrected chi connectivity index (χ0v) is 12.5. The van der Waals surface area contributed by atoms with Crippen LogP contribution in [0.4, 0.5) is 0 Å². The molecule has 1 aromatic carbocycles. The second-order valence-electron chi connectivity index (χ2n) is 4.58. The number of nitrogens with one attached hydrogen (secondary N) is 1. The number of amides is 1. The fourth-order valence-electron chi connectivity index (χ4n) is 1.74. The van der Waals surface area contributed by atoms with Crippen LogP contribution >= 0.6 is 11.8 Å². The predicted molar refractivity (Wildman–Crippen MR) is 81.9 cm³/mol. The second kappa shape index (κ2) is 9.42. The lowest BCUT2D eigenvalue weighted by molar-refractivity contribution is -0.141. The van der Waals surface area contributed by atoms with Gasteiger partial charge in [-0.1, -0.05) is 37.3 Å². The molecule has 0 bridgehead atoms. The van der Waals surface area contributed by atoms with Crippen LogP contribution in [0.1, 0.15) is 18.9 Å². The van der Waals surface area contributed by atoms with Gasteiger partial charge in [0, 0.05) is 6.54 Å². The summed E-state index contributed by atoms with van der Waals surface area (Å²) in [5.74, 6) is -0.221. The van der Waals surface area contributed by atoms with Gasteiger partial charge in [0.2, 0.25) is 5.91 Å². The molecule has 0 spiro atoms. The van der Waals surface area contributed by atoms with Crippen molar-refractivity contribution < 1.29 is 14.7 Å². The van der Waals surface area contributed by atoms with Crippen molar-refractivity contribution in [2.24, 2.45) is 5.92 Å². The third-order valence-electron chi connectivity index (χ3n) is 2.80. The van der Waals surface area contributed by atoms with Crippen LogP contribution in [0.3, 0.4) is 0 Å². The van der Waals surface area contributed by atoms with Crippen LogP contribution in [0.25, 0.3) is 0 Å². The number of hydrogen-bond donors (Lipinski definition) is 2.